The number of rotatable bonds is 1. The average Bonchev–Trinajstić information content (AvgIpc) is 2.46. The number of hydrogen-bond donors (Lipinski definition) is 1. The second-order valence-electron chi connectivity index (χ2n) is 3.94. The third kappa shape index (κ3) is 1.54. The number of thiol groups is 1. The lowest BCUT2D eigenvalue weighted by atomic mass is 10.3. The summed E-state index contributed by atoms with van der Waals surface area (Å²) < 4.78 is 3.15. The Morgan fingerprint density at radius 2 is 1.93 bits per heavy atom. The molecule has 0 aliphatic heterocycles. The van der Waals surface area contributed by atoms with Crippen LogP contribution in [-0.4, -0.2) is 19.1 Å². The predicted molar refractivity (Wildman–Crippen MR) is 61.1 cm³/mol. The predicted octanol–water partition coefficient (Wildman–Crippen LogP) is 0.752. The van der Waals surface area contributed by atoms with Crippen LogP contribution in [0.3, 0.4) is 0 Å². The summed E-state index contributed by atoms with van der Waals surface area (Å²) in [4.78, 5) is 19.6. The maximum absolute atomic E-state index is 12.1. The van der Waals surface area contributed by atoms with E-state index in [0.29, 0.717) is 11.2 Å². The molecular formula is C9H12N4OS. The van der Waals surface area contributed by atoms with Gasteiger partial charge in [-0.05, 0) is 13.8 Å². The monoisotopic (exact) mass is 224 g/mol. The maximum Gasteiger partial charge on any atom is 0.280 e. The summed E-state index contributed by atoms with van der Waals surface area (Å²) in [5, 5.41) is 0. The first kappa shape index (κ1) is 10.2. The molecular weight excluding hydrogens is 212 g/mol. The average molecular weight is 224 g/mol. The van der Waals surface area contributed by atoms with Crippen molar-refractivity contribution in [3.8, 4) is 0 Å². The first-order valence-corrected chi connectivity index (χ1v) is 4.97. The van der Waals surface area contributed by atoms with Crippen LogP contribution in [0.25, 0.3) is 11.2 Å². The molecule has 0 bridgehead atoms. The van der Waals surface area contributed by atoms with Gasteiger partial charge in [-0.15, -0.1) is 0 Å². The Morgan fingerprint density at radius 1 is 1.33 bits per heavy atom. The minimum absolute atomic E-state index is 0.125. The lowest BCUT2D eigenvalue weighted by Crippen LogP contribution is -2.32. The second-order valence-corrected chi connectivity index (χ2v) is 5.04. The Hall–Kier alpha value is -1.30. The summed E-state index contributed by atoms with van der Waals surface area (Å²) in [6.45, 7) is 3.67. The fraction of sp³-hybridized carbons (Fsp3) is 0.444. The van der Waals surface area contributed by atoms with Crippen molar-refractivity contribution in [3.05, 3.63) is 23.0 Å². The molecule has 2 aromatic rings. The number of aryl methyl sites for hydroxylation is 1. The highest BCUT2D eigenvalue weighted by molar-refractivity contribution is 7.81. The Balaban J connectivity index is 2.87. The highest BCUT2D eigenvalue weighted by Crippen LogP contribution is 2.17. The first-order valence-electron chi connectivity index (χ1n) is 4.53. The van der Waals surface area contributed by atoms with Crippen LogP contribution in [0, 0.1) is 0 Å². The Kier molecular flexibility index (Phi) is 2.11. The summed E-state index contributed by atoms with van der Waals surface area (Å²) in [6.07, 6.45) is 3.06. The van der Waals surface area contributed by atoms with Crippen LogP contribution in [0.15, 0.2) is 17.4 Å². The zero-order valence-electron chi connectivity index (χ0n) is 8.80. The Morgan fingerprint density at radius 3 is 2.53 bits per heavy atom. The lowest BCUT2D eigenvalue weighted by Gasteiger charge is -2.20. The van der Waals surface area contributed by atoms with Gasteiger partial charge in [0.2, 0.25) is 0 Å². The van der Waals surface area contributed by atoms with Crippen LogP contribution in [0.4, 0.5) is 0 Å². The largest absolute Gasteiger partial charge is 0.328 e. The van der Waals surface area contributed by atoms with Crippen molar-refractivity contribution in [3.63, 3.8) is 0 Å². The van der Waals surface area contributed by atoms with Crippen molar-refractivity contribution in [2.45, 2.75) is 18.7 Å². The van der Waals surface area contributed by atoms with Crippen LogP contribution in [0.1, 0.15) is 13.8 Å². The molecule has 0 saturated heterocycles. The molecule has 0 saturated carbocycles. The van der Waals surface area contributed by atoms with Crippen molar-refractivity contribution in [1.29, 1.82) is 0 Å². The standard InChI is InChI=1S/C9H12N4OS/c1-9(2,15)13-5-11-7-6(8(13)14)12(3)4-10-7/h4-5,15H,1-3H3. The maximum atomic E-state index is 12.1. The van der Waals surface area contributed by atoms with Crippen molar-refractivity contribution < 1.29 is 0 Å². The smallest absolute Gasteiger partial charge is 0.280 e. The van der Waals surface area contributed by atoms with E-state index in [2.05, 4.69) is 22.6 Å². The van der Waals surface area contributed by atoms with Crippen LogP contribution in [0.2, 0.25) is 0 Å². The molecule has 0 aliphatic rings. The topological polar surface area (TPSA) is 52.7 Å². The normalized spacial score (nSPS) is 12.3. The molecule has 6 heteroatoms. The molecule has 2 rings (SSSR count). The van der Waals surface area contributed by atoms with Gasteiger partial charge in [0.05, 0.1) is 11.2 Å². The minimum Gasteiger partial charge on any atom is -0.328 e. The van der Waals surface area contributed by atoms with Gasteiger partial charge in [-0.3, -0.25) is 9.36 Å². The highest BCUT2D eigenvalue weighted by Gasteiger charge is 2.18. The van der Waals surface area contributed by atoms with Gasteiger partial charge in [0, 0.05) is 7.05 Å². The third-order valence-corrected chi connectivity index (χ3v) is 2.44. The van der Waals surface area contributed by atoms with Crippen LogP contribution in [-0.2, 0) is 11.9 Å². The van der Waals surface area contributed by atoms with Crippen molar-refractivity contribution in [1.82, 2.24) is 19.1 Å². The van der Waals surface area contributed by atoms with Gasteiger partial charge in [-0.1, -0.05) is 0 Å². The van der Waals surface area contributed by atoms with Gasteiger partial charge in [0.15, 0.2) is 11.2 Å². The van der Waals surface area contributed by atoms with E-state index >= 15 is 0 Å². The van der Waals surface area contributed by atoms with E-state index in [-0.39, 0.29) is 5.56 Å². The summed E-state index contributed by atoms with van der Waals surface area (Å²) in [5.74, 6) is 0. The molecule has 2 aromatic heterocycles. The van der Waals surface area contributed by atoms with Crippen LogP contribution >= 0.6 is 12.6 Å². The third-order valence-electron chi connectivity index (χ3n) is 2.22. The molecule has 80 valence electrons. The van der Waals surface area contributed by atoms with E-state index in [9.17, 15) is 4.79 Å². The van der Waals surface area contributed by atoms with E-state index in [1.54, 1.807) is 17.9 Å². The molecule has 0 radical (unpaired) electrons. The molecule has 0 unspecified atom stereocenters. The SMILES string of the molecule is Cn1cnc2ncn(C(C)(C)S)c(=O)c21. The lowest BCUT2D eigenvalue weighted by molar-refractivity contribution is 0.517. The van der Waals surface area contributed by atoms with Gasteiger partial charge in [-0.2, -0.15) is 12.6 Å². The number of imidazole rings is 1. The Labute approximate surface area is 92.2 Å². The fourth-order valence-electron chi connectivity index (χ4n) is 1.43. The summed E-state index contributed by atoms with van der Waals surface area (Å²) in [7, 11) is 1.77. The van der Waals surface area contributed by atoms with Crippen LogP contribution < -0.4 is 5.56 Å². The molecule has 0 fully saturated rings. The van der Waals surface area contributed by atoms with E-state index < -0.39 is 4.87 Å². The molecule has 0 N–H and O–H groups in total. The summed E-state index contributed by atoms with van der Waals surface area (Å²) >= 11 is 4.35. The number of hydrogen-bond acceptors (Lipinski definition) is 4. The van der Waals surface area contributed by atoms with Gasteiger partial charge in [-0.25, -0.2) is 9.97 Å². The zero-order valence-corrected chi connectivity index (χ0v) is 9.69. The van der Waals surface area contributed by atoms with E-state index in [1.807, 2.05) is 13.8 Å². The molecule has 0 aromatic carbocycles. The first-order chi connectivity index (χ1) is 6.91. The van der Waals surface area contributed by atoms with Crippen LogP contribution in [0.5, 0.6) is 0 Å². The van der Waals surface area contributed by atoms with Gasteiger partial charge in [0.1, 0.15) is 6.33 Å². The van der Waals surface area contributed by atoms with Crippen molar-refractivity contribution in [2.24, 2.45) is 7.05 Å². The van der Waals surface area contributed by atoms with E-state index in [1.165, 1.54) is 10.9 Å². The second kappa shape index (κ2) is 3.10. The quantitative estimate of drug-likeness (QED) is 0.727. The van der Waals surface area contributed by atoms with Gasteiger partial charge < -0.3 is 4.57 Å². The highest BCUT2D eigenvalue weighted by atomic mass is 32.1. The van der Waals surface area contributed by atoms with Crippen molar-refractivity contribution in [2.75, 3.05) is 0 Å². The number of fused-ring (bicyclic) bond motifs is 1. The Bertz CT molecular complexity index is 563. The molecule has 0 spiro atoms. The molecule has 5 nitrogen and oxygen atoms in total. The molecule has 0 atom stereocenters. The summed E-state index contributed by atoms with van der Waals surface area (Å²) in [6, 6.07) is 0. The summed E-state index contributed by atoms with van der Waals surface area (Å²) in [5.41, 5.74) is 0.843. The van der Waals surface area contributed by atoms with E-state index in [4.69, 9.17) is 0 Å². The number of nitrogens with zero attached hydrogens (tertiary/aromatic N) is 4. The van der Waals surface area contributed by atoms with Gasteiger partial charge >= 0.3 is 0 Å². The molecule has 2 heterocycles. The molecule has 0 amide bonds. The van der Waals surface area contributed by atoms with E-state index in [0.717, 1.165) is 0 Å². The zero-order chi connectivity index (χ0) is 11.2. The van der Waals surface area contributed by atoms with Crippen molar-refractivity contribution >= 4 is 23.8 Å². The number of aromatic nitrogens is 4. The minimum atomic E-state index is -0.567. The fourth-order valence-corrected chi connectivity index (χ4v) is 1.57. The molecule has 0 aliphatic carbocycles. The molecule has 15 heavy (non-hydrogen) atoms. The van der Waals surface area contributed by atoms with Gasteiger partial charge in [0.25, 0.3) is 5.56 Å².